The summed E-state index contributed by atoms with van der Waals surface area (Å²) in [4.78, 5) is 5.28. The Kier molecular flexibility index (Phi) is 2.55. The van der Waals surface area contributed by atoms with Crippen molar-refractivity contribution in [2.45, 2.75) is 30.4 Å². The molecule has 0 aliphatic rings. The maximum absolute atomic E-state index is 4.05. The molecule has 60 valence electrons. The number of nitrogens with zero attached hydrogens (tertiary/aromatic N) is 1. The van der Waals surface area contributed by atoms with Crippen molar-refractivity contribution in [3.8, 4) is 0 Å². The Balaban J connectivity index is 2.66. The summed E-state index contributed by atoms with van der Waals surface area (Å²) >= 11 is 1.84. The molecule has 0 aliphatic carbocycles. The van der Waals surface area contributed by atoms with Crippen LogP contribution in [0.25, 0.3) is 0 Å². The second kappa shape index (κ2) is 3.26. The van der Waals surface area contributed by atoms with Gasteiger partial charge in [-0.2, -0.15) is 0 Å². The molecule has 0 unspecified atom stereocenters. The van der Waals surface area contributed by atoms with Gasteiger partial charge >= 0.3 is 0 Å². The highest BCUT2D eigenvalue weighted by Crippen LogP contribution is 2.30. The van der Waals surface area contributed by atoms with Gasteiger partial charge < -0.3 is 0 Å². The van der Waals surface area contributed by atoms with Crippen LogP contribution in [0.3, 0.4) is 0 Å². The molecule has 1 aromatic rings. The minimum Gasteiger partial charge on any atom is -0.264 e. The molecule has 1 heterocycles. The van der Waals surface area contributed by atoms with Crippen LogP contribution >= 0.6 is 11.8 Å². The number of rotatable bonds is 1. The van der Waals surface area contributed by atoms with Crippen LogP contribution in [-0.2, 0) is 0 Å². The fourth-order valence-corrected chi connectivity index (χ4v) is 1.73. The molecule has 2 heteroatoms. The molecule has 1 aromatic heterocycles. The summed E-state index contributed by atoms with van der Waals surface area (Å²) in [5, 5.41) is 0. The molecule has 0 saturated heterocycles. The zero-order chi connectivity index (χ0) is 8.32. The Bertz CT molecular complexity index is 213. The maximum Gasteiger partial charge on any atom is 0.0404 e. The Hall–Kier alpha value is -0.500. The topological polar surface area (TPSA) is 12.9 Å². The highest BCUT2D eigenvalue weighted by Gasteiger charge is 2.11. The molecule has 11 heavy (non-hydrogen) atoms. The van der Waals surface area contributed by atoms with E-state index < -0.39 is 0 Å². The Morgan fingerprint density at radius 1 is 1.36 bits per heavy atom. The third kappa shape index (κ3) is 3.42. The van der Waals surface area contributed by atoms with Crippen molar-refractivity contribution in [3.05, 3.63) is 24.5 Å². The molecule has 0 fully saturated rings. The lowest BCUT2D eigenvalue weighted by Gasteiger charge is -2.16. The van der Waals surface area contributed by atoms with Gasteiger partial charge in [-0.3, -0.25) is 4.98 Å². The zero-order valence-corrected chi connectivity index (χ0v) is 7.98. The molecule has 0 bridgehead atoms. The Morgan fingerprint density at radius 3 is 2.55 bits per heavy atom. The maximum atomic E-state index is 4.05. The van der Waals surface area contributed by atoms with E-state index in [-0.39, 0.29) is 4.75 Å². The van der Waals surface area contributed by atoms with Crippen molar-refractivity contribution < 1.29 is 0 Å². The van der Waals surface area contributed by atoms with Gasteiger partial charge in [0.05, 0.1) is 0 Å². The van der Waals surface area contributed by atoms with Crippen molar-refractivity contribution >= 4 is 11.8 Å². The first-order chi connectivity index (χ1) is 5.08. The van der Waals surface area contributed by atoms with E-state index in [9.17, 15) is 0 Å². The molecule has 0 spiro atoms. The molecular weight excluding hydrogens is 154 g/mol. The van der Waals surface area contributed by atoms with Crippen LogP contribution in [0.15, 0.2) is 29.4 Å². The molecule has 0 radical (unpaired) electrons. The molecule has 1 nitrogen and oxygen atoms in total. The van der Waals surface area contributed by atoms with Crippen molar-refractivity contribution in [1.82, 2.24) is 4.98 Å². The van der Waals surface area contributed by atoms with Crippen LogP contribution < -0.4 is 0 Å². The SMILES string of the molecule is CC(C)(C)Sc1cccnc1. The summed E-state index contributed by atoms with van der Waals surface area (Å²) in [5.74, 6) is 0. The predicted octanol–water partition coefficient (Wildman–Crippen LogP) is 2.97. The first-order valence-electron chi connectivity index (χ1n) is 3.67. The van der Waals surface area contributed by atoms with Crippen LogP contribution in [0, 0.1) is 0 Å². The van der Waals surface area contributed by atoms with Gasteiger partial charge in [0, 0.05) is 22.0 Å². The summed E-state index contributed by atoms with van der Waals surface area (Å²) < 4.78 is 0.281. The minimum atomic E-state index is 0.281. The van der Waals surface area contributed by atoms with E-state index in [1.54, 1.807) is 6.20 Å². The van der Waals surface area contributed by atoms with Crippen LogP contribution in [0.5, 0.6) is 0 Å². The number of aromatic nitrogens is 1. The fraction of sp³-hybridized carbons (Fsp3) is 0.444. The van der Waals surface area contributed by atoms with Gasteiger partial charge in [-0.25, -0.2) is 0 Å². The quantitative estimate of drug-likeness (QED) is 0.596. The lowest BCUT2D eigenvalue weighted by atomic mass is 10.3. The third-order valence-corrected chi connectivity index (χ3v) is 2.15. The van der Waals surface area contributed by atoms with Crippen LogP contribution in [0.4, 0.5) is 0 Å². The lowest BCUT2D eigenvalue weighted by molar-refractivity contribution is 0.802. The summed E-state index contributed by atoms with van der Waals surface area (Å²) in [7, 11) is 0. The summed E-state index contributed by atoms with van der Waals surface area (Å²) in [6, 6.07) is 4.05. The van der Waals surface area contributed by atoms with Gasteiger partial charge in [0.1, 0.15) is 0 Å². The van der Waals surface area contributed by atoms with E-state index in [2.05, 4.69) is 31.8 Å². The molecule has 1 rings (SSSR count). The predicted molar refractivity (Wildman–Crippen MR) is 49.8 cm³/mol. The smallest absolute Gasteiger partial charge is 0.0404 e. The molecular formula is C9H13NS. The zero-order valence-electron chi connectivity index (χ0n) is 7.16. The molecule has 0 N–H and O–H groups in total. The number of hydrogen-bond donors (Lipinski definition) is 0. The van der Waals surface area contributed by atoms with Gasteiger partial charge in [0.15, 0.2) is 0 Å². The second-order valence-electron chi connectivity index (χ2n) is 3.40. The third-order valence-electron chi connectivity index (χ3n) is 1.06. The van der Waals surface area contributed by atoms with E-state index in [0.29, 0.717) is 0 Å². The Morgan fingerprint density at radius 2 is 2.09 bits per heavy atom. The fourth-order valence-electron chi connectivity index (χ4n) is 0.761. The van der Waals surface area contributed by atoms with Crippen LogP contribution in [-0.4, -0.2) is 9.73 Å². The van der Waals surface area contributed by atoms with Gasteiger partial charge in [-0.1, -0.05) is 20.8 Å². The minimum absolute atomic E-state index is 0.281. The highest BCUT2D eigenvalue weighted by atomic mass is 32.2. The number of thioether (sulfide) groups is 1. The van der Waals surface area contributed by atoms with E-state index in [1.807, 2.05) is 24.0 Å². The van der Waals surface area contributed by atoms with Crippen molar-refractivity contribution in [3.63, 3.8) is 0 Å². The Labute approximate surface area is 72.2 Å². The van der Waals surface area contributed by atoms with Crippen LogP contribution in [0.2, 0.25) is 0 Å². The highest BCUT2D eigenvalue weighted by molar-refractivity contribution is 8.00. The van der Waals surface area contributed by atoms with Gasteiger partial charge in [-0.15, -0.1) is 11.8 Å². The van der Waals surface area contributed by atoms with Gasteiger partial charge in [0.25, 0.3) is 0 Å². The average molecular weight is 167 g/mol. The number of hydrogen-bond acceptors (Lipinski definition) is 2. The summed E-state index contributed by atoms with van der Waals surface area (Å²) in [6.45, 7) is 6.60. The molecule has 0 amide bonds. The van der Waals surface area contributed by atoms with E-state index in [1.165, 1.54) is 4.90 Å². The standard InChI is InChI=1S/C9H13NS/c1-9(2,3)11-8-5-4-6-10-7-8/h4-7H,1-3H3. The van der Waals surface area contributed by atoms with Crippen molar-refractivity contribution in [1.29, 1.82) is 0 Å². The monoisotopic (exact) mass is 167 g/mol. The first-order valence-corrected chi connectivity index (χ1v) is 4.49. The number of pyridine rings is 1. The molecule has 0 aliphatic heterocycles. The lowest BCUT2D eigenvalue weighted by Crippen LogP contribution is -2.06. The van der Waals surface area contributed by atoms with Crippen molar-refractivity contribution in [2.75, 3.05) is 0 Å². The van der Waals surface area contributed by atoms with E-state index >= 15 is 0 Å². The molecule has 0 atom stereocenters. The molecule has 0 saturated carbocycles. The molecule has 0 aromatic carbocycles. The first kappa shape index (κ1) is 8.60. The van der Waals surface area contributed by atoms with Gasteiger partial charge in [0.2, 0.25) is 0 Å². The van der Waals surface area contributed by atoms with Crippen LogP contribution in [0.1, 0.15) is 20.8 Å². The van der Waals surface area contributed by atoms with E-state index in [4.69, 9.17) is 0 Å². The van der Waals surface area contributed by atoms with E-state index in [0.717, 1.165) is 0 Å². The largest absolute Gasteiger partial charge is 0.264 e. The van der Waals surface area contributed by atoms with Gasteiger partial charge in [-0.05, 0) is 12.1 Å². The normalized spacial score (nSPS) is 11.5. The summed E-state index contributed by atoms with van der Waals surface area (Å²) in [5.41, 5.74) is 0. The summed E-state index contributed by atoms with van der Waals surface area (Å²) in [6.07, 6.45) is 3.70. The average Bonchev–Trinajstić information content (AvgIpc) is 1.85. The second-order valence-corrected chi connectivity index (χ2v) is 5.30. The van der Waals surface area contributed by atoms with Crippen molar-refractivity contribution in [2.24, 2.45) is 0 Å².